The summed E-state index contributed by atoms with van der Waals surface area (Å²) in [6.07, 6.45) is 2.93. The van der Waals surface area contributed by atoms with Gasteiger partial charge in [0.25, 0.3) is 0 Å². The number of amides is 2. The molecule has 0 radical (unpaired) electrons. The summed E-state index contributed by atoms with van der Waals surface area (Å²) < 4.78 is 1.77. The van der Waals surface area contributed by atoms with Crippen LogP contribution in [0.2, 0.25) is 0 Å². The molecule has 0 bridgehead atoms. The summed E-state index contributed by atoms with van der Waals surface area (Å²) in [5.41, 5.74) is 2.06. The molecule has 1 aromatic heterocycles. The molecule has 8 heteroatoms. The number of nitrogens with one attached hydrogen (secondary N) is 1. The zero-order chi connectivity index (χ0) is 19.4. The van der Waals surface area contributed by atoms with Crippen molar-refractivity contribution in [2.24, 2.45) is 13.0 Å². The third-order valence-corrected chi connectivity index (χ3v) is 5.31. The minimum Gasteiger partial charge on any atom is -0.396 e. The van der Waals surface area contributed by atoms with E-state index in [0.717, 1.165) is 48.9 Å². The van der Waals surface area contributed by atoms with Crippen molar-refractivity contribution in [2.75, 3.05) is 43.1 Å². The second-order valence-corrected chi connectivity index (χ2v) is 6.98. The number of rotatable bonds is 7. The van der Waals surface area contributed by atoms with E-state index in [-0.39, 0.29) is 25.5 Å². The van der Waals surface area contributed by atoms with Gasteiger partial charge in [-0.25, -0.2) is 0 Å². The average Bonchev–Trinajstić information content (AvgIpc) is 3.04. The van der Waals surface area contributed by atoms with Crippen LogP contribution in [0.4, 0.5) is 11.5 Å². The fourth-order valence-electron chi connectivity index (χ4n) is 3.56. The van der Waals surface area contributed by atoms with Gasteiger partial charge in [-0.1, -0.05) is 0 Å². The van der Waals surface area contributed by atoms with Crippen molar-refractivity contribution in [1.82, 2.24) is 15.1 Å². The zero-order valence-corrected chi connectivity index (χ0v) is 15.9. The van der Waals surface area contributed by atoms with Gasteiger partial charge in [0, 0.05) is 57.8 Å². The number of hydrogen-bond donors (Lipinski definition) is 2. The van der Waals surface area contributed by atoms with Crippen molar-refractivity contribution in [1.29, 1.82) is 0 Å². The van der Waals surface area contributed by atoms with E-state index >= 15 is 0 Å². The highest BCUT2D eigenvalue weighted by atomic mass is 16.3. The molecule has 1 aliphatic rings. The molecule has 2 aromatic rings. The summed E-state index contributed by atoms with van der Waals surface area (Å²) in [4.78, 5) is 26.8. The molecule has 2 amide bonds. The summed E-state index contributed by atoms with van der Waals surface area (Å²) in [5, 5.41) is 17.3. The van der Waals surface area contributed by atoms with Gasteiger partial charge in [0.2, 0.25) is 12.3 Å². The van der Waals surface area contributed by atoms with E-state index in [1.165, 1.54) is 4.90 Å². The van der Waals surface area contributed by atoms with Gasteiger partial charge in [-0.3, -0.25) is 19.2 Å². The van der Waals surface area contributed by atoms with Crippen molar-refractivity contribution in [3.8, 4) is 0 Å². The lowest BCUT2D eigenvalue weighted by atomic mass is 9.97. The zero-order valence-electron chi connectivity index (χ0n) is 15.9. The quantitative estimate of drug-likeness (QED) is 0.703. The van der Waals surface area contributed by atoms with Crippen LogP contribution in [0.5, 0.6) is 0 Å². The van der Waals surface area contributed by atoms with E-state index in [9.17, 15) is 14.7 Å². The van der Waals surface area contributed by atoms with Crippen LogP contribution in [-0.2, 0) is 16.6 Å². The highest BCUT2D eigenvalue weighted by Gasteiger charge is 2.21. The van der Waals surface area contributed by atoms with Crippen LogP contribution in [0.1, 0.15) is 19.3 Å². The average molecular weight is 373 g/mol. The Kier molecular flexibility index (Phi) is 5.95. The number of aryl methyl sites for hydroxylation is 1. The summed E-state index contributed by atoms with van der Waals surface area (Å²) >= 11 is 0. The fourth-order valence-corrected chi connectivity index (χ4v) is 3.56. The Morgan fingerprint density at radius 1 is 1.41 bits per heavy atom. The molecular formula is C19H27N5O3. The Labute approximate surface area is 158 Å². The van der Waals surface area contributed by atoms with Crippen LogP contribution < -0.4 is 15.1 Å². The first-order valence-electron chi connectivity index (χ1n) is 9.32. The van der Waals surface area contributed by atoms with Crippen molar-refractivity contribution in [2.45, 2.75) is 19.3 Å². The molecule has 146 valence electrons. The Balaban J connectivity index is 1.83. The Hall–Kier alpha value is -2.61. The van der Waals surface area contributed by atoms with Gasteiger partial charge in [-0.05, 0) is 37.0 Å². The van der Waals surface area contributed by atoms with Gasteiger partial charge in [0.1, 0.15) is 0 Å². The van der Waals surface area contributed by atoms with Gasteiger partial charge in [-0.15, -0.1) is 0 Å². The minimum atomic E-state index is -0.115. The molecule has 0 aliphatic carbocycles. The molecule has 0 atom stereocenters. The molecule has 2 heterocycles. The molecule has 0 spiro atoms. The van der Waals surface area contributed by atoms with Crippen molar-refractivity contribution < 1.29 is 14.7 Å². The molecule has 2 N–H and O–H groups in total. The molecule has 27 heavy (non-hydrogen) atoms. The maximum atomic E-state index is 11.5. The van der Waals surface area contributed by atoms with Gasteiger partial charge in [0.05, 0.1) is 5.52 Å². The summed E-state index contributed by atoms with van der Waals surface area (Å²) in [6, 6.07) is 6.13. The number of benzene rings is 1. The number of nitrogens with zero attached hydrogens (tertiary/aromatic N) is 4. The molecule has 1 saturated heterocycles. The van der Waals surface area contributed by atoms with Crippen LogP contribution in [-0.4, -0.2) is 60.5 Å². The number of fused-ring (bicyclic) bond motifs is 1. The number of piperidine rings is 1. The van der Waals surface area contributed by atoms with E-state index < -0.39 is 0 Å². The maximum absolute atomic E-state index is 11.5. The number of aromatic nitrogens is 2. The lowest BCUT2D eigenvalue weighted by Crippen LogP contribution is -2.34. The van der Waals surface area contributed by atoms with Crippen molar-refractivity contribution in [3.63, 3.8) is 0 Å². The largest absolute Gasteiger partial charge is 0.396 e. The van der Waals surface area contributed by atoms with E-state index in [2.05, 4.69) is 27.4 Å². The monoisotopic (exact) mass is 373 g/mol. The highest BCUT2D eigenvalue weighted by molar-refractivity contribution is 5.97. The third-order valence-electron chi connectivity index (χ3n) is 5.31. The van der Waals surface area contributed by atoms with E-state index in [4.69, 9.17) is 0 Å². The van der Waals surface area contributed by atoms with E-state index in [1.54, 1.807) is 11.7 Å². The smallest absolute Gasteiger partial charge is 0.221 e. The van der Waals surface area contributed by atoms with Crippen LogP contribution >= 0.6 is 0 Å². The van der Waals surface area contributed by atoms with Crippen LogP contribution in [0, 0.1) is 5.92 Å². The molecule has 0 unspecified atom stereocenters. The first-order chi connectivity index (χ1) is 13.1. The Morgan fingerprint density at radius 3 is 2.78 bits per heavy atom. The summed E-state index contributed by atoms with van der Waals surface area (Å²) in [7, 11) is 3.43. The Bertz CT molecular complexity index is 811. The van der Waals surface area contributed by atoms with Crippen molar-refractivity contribution >= 4 is 34.7 Å². The molecule has 3 rings (SSSR count). The number of hydrogen-bond acceptors (Lipinski definition) is 5. The summed E-state index contributed by atoms with van der Waals surface area (Å²) in [6.45, 7) is 2.39. The number of carbonyl (C=O) groups is 2. The number of carbonyl (C=O) groups excluding carboxylic acids is 2. The lowest BCUT2D eigenvalue weighted by molar-refractivity contribution is -0.120. The van der Waals surface area contributed by atoms with Gasteiger partial charge in [0.15, 0.2) is 5.82 Å². The van der Waals surface area contributed by atoms with Gasteiger partial charge in [-0.2, -0.15) is 5.10 Å². The third kappa shape index (κ3) is 4.05. The highest BCUT2D eigenvalue weighted by Crippen LogP contribution is 2.31. The van der Waals surface area contributed by atoms with Crippen LogP contribution in [0.15, 0.2) is 18.2 Å². The SMILES string of the molecule is CNC(=O)CCN(C=O)c1nn(C)c2cc(N3CCC(CO)CC3)ccc12. The number of anilines is 2. The second-order valence-electron chi connectivity index (χ2n) is 6.98. The number of aliphatic hydroxyl groups is 1. The second kappa shape index (κ2) is 8.39. The fraction of sp³-hybridized carbons (Fsp3) is 0.526. The van der Waals surface area contributed by atoms with Gasteiger partial charge >= 0.3 is 0 Å². The predicted octanol–water partition coefficient (Wildman–Crippen LogP) is 0.881. The van der Waals surface area contributed by atoms with E-state index in [1.807, 2.05) is 13.1 Å². The normalized spacial score (nSPS) is 15.1. The Morgan fingerprint density at radius 2 is 2.15 bits per heavy atom. The van der Waals surface area contributed by atoms with Gasteiger partial charge < -0.3 is 15.3 Å². The number of aliphatic hydroxyl groups excluding tert-OH is 1. The molecule has 0 saturated carbocycles. The molecule has 1 aliphatic heterocycles. The molecular weight excluding hydrogens is 346 g/mol. The minimum absolute atomic E-state index is 0.115. The molecule has 1 aromatic carbocycles. The molecule has 8 nitrogen and oxygen atoms in total. The standard InChI is InChI=1S/C19H27N5O3/c1-20-18(27)7-10-24(13-26)19-16-4-3-15(11-17(16)22(2)21-19)23-8-5-14(12-25)6-9-23/h3-4,11,13-14,25H,5-10,12H2,1-2H3,(H,20,27). The predicted molar refractivity (Wildman–Crippen MR) is 105 cm³/mol. The van der Waals surface area contributed by atoms with Crippen molar-refractivity contribution in [3.05, 3.63) is 18.2 Å². The lowest BCUT2D eigenvalue weighted by Gasteiger charge is -2.32. The van der Waals surface area contributed by atoms with E-state index in [0.29, 0.717) is 11.7 Å². The summed E-state index contributed by atoms with van der Waals surface area (Å²) in [5.74, 6) is 0.849. The first kappa shape index (κ1) is 19.2. The first-order valence-corrected chi connectivity index (χ1v) is 9.32. The van der Waals surface area contributed by atoms with Crippen LogP contribution in [0.25, 0.3) is 10.9 Å². The molecule has 1 fully saturated rings. The maximum Gasteiger partial charge on any atom is 0.221 e. The topological polar surface area (TPSA) is 90.7 Å². The van der Waals surface area contributed by atoms with Crippen LogP contribution in [0.3, 0.4) is 0 Å².